The first-order chi connectivity index (χ1) is 8.63. The Balaban J connectivity index is 1.82. The van der Waals surface area contributed by atoms with Gasteiger partial charge in [-0.3, -0.25) is 4.79 Å². The summed E-state index contributed by atoms with van der Waals surface area (Å²) >= 11 is 1.55. The Bertz CT molecular complexity index is 459. The summed E-state index contributed by atoms with van der Waals surface area (Å²) in [6.45, 7) is 4.98. The van der Waals surface area contributed by atoms with Crippen LogP contribution in [0.1, 0.15) is 28.3 Å². The average molecular weight is 265 g/mol. The first-order valence-electron chi connectivity index (χ1n) is 6.55. The first-order valence-corrected chi connectivity index (χ1v) is 7.43. The van der Waals surface area contributed by atoms with Gasteiger partial charge in [0, 0.05) is 31.1 Å². The molecule has 3 fully saturated rings. The lowest BCUT2D eigenvalue weighted by molar-refractivity contribution is 0.0581. The molecule has 98 valence electrons. The summed E-state index contributed by atoms with van der Waals surface area (Å²) in [6, 6.07) is 0.378. The minimum absolute atomic E-state index is 0.129. The number of hydrogen-bond acceptors (Lipinski definition) is 4. The molecule has 4 rings (SSSR count). The van der Waals surface area contributed by atoms with Gasteiger partial charge >= 0.3 is 0 Å². The van der Waals surface area contributed by atoms with E-state index in [1.165, 1.54) is 6.42 Å². The van der Waals surface area contributed by atoms with Gasteiger partial charge in [-0.1, -0.05) is 0 Å². The van der Waals surface area contributed by atoms with E-state index in [4.69, 9.17) is 0 Å². The van der Waals surface area contributed by atoms with Crippen LogP contribution in [-0.4, -0.2) is 53.4 Å². The van der Waals surface area contributed by atoms with Gasteiger partial charge in [0.1, 0.15) is 5.69 Å². The second kappa shape index (κ2) is 4.63. The molecule has 2 bridgehead atoms. The largest absolute Gasteiger partial charge is 0.333 e. The highest BCUT2D eigenvalue weighted by Gasteiger charge is 2.36. The van der Waals surface area contributed by atoms with Crippen molar-refractivity contribution in [2.24, 2.45) is 5.92 Å². The van der Waals surface area contributed by atoms with Gasteiger partial charge in [-0.15, -0.1) is 11.3 Å². The molecule has 0 spiro atoms. The van der Waals surface area contributed by atoms with Gasteiger partial charge in [-0.2, -0.15) is 0 Å². The number of carbonyl (C=O) groups excluding carboxylic acids is 1. The predicted octanol–water partition coefficient (Wildman–Crippen LogP) is 1.62. The van der Waals surface area contributed by atoms with Crippen LogP contribution in [0.25, 0.3) is 0 Å². The maximum Gasteiger partial charge on any atom is 0.273 e. The van der Waals surface area contributed by atoms with E-state index in [2.05, 4.69) is 21.8 Å². The van der Waals surface area contributed by atoms with Gasteiger partial charge in [-0.25, -0.2) is 4.98 Å². The van der Waals surface area contributed by atoms with Crippen LogP contribution in [0, 0.1) is 12.8 Å². The van der Waals surface area contributed by atoms with E-state index in [1.54, 1.807) is 11.3 Å². The molecule has 0 saturated carbocycles. The van der Waals surface area contributed by atoms with Crippen molar-refractivity contribution in [1.29, 1.82) is 0 Å². The average Bonchev–Trinajstić information content (AvgIpc) is 2.60. The zero-order chi connectivity index (χ0) is 12.7. The first kappa shape index (κ1) is 12.1. The van der Waals surface area contributed by atoms with Crippen LogP contribution >= 0.6 is 11.3 Å². The topological polar surface area (TPSA) is 36.4 Å². The zero-order valence-electron chi connectivity index (χ0n) is 10.9. The van der Waals surface area contributed by atoms with Crippen molar-refractivity contribution in [3.05, 3.63) is 16.1 Å². The van der Waals surface area contributed by atoms with Crippen molar-refractivity contribution in [3.63, 3.8) is 0 Å². The van der Waals surface area contributed by atoms with E-state index in [0.29, 0.717) is 17.7 Å². The van der Waals surface area contributed by atoms with Crippen LogP contribution in [-0.2, 0) is 0 Å². The Morgan fingerprint density at radius 2 is 2.22 bits per heavy atom. The van der Waals surface area contributed by atoms with Crippen molar-refractivity contribution in [1.82, 2.24) is 14.8 Å². The normalized spacial score (nSPS) is 28.4. The van der Waals surface area contributed by atoms with Gasteiger partial charge in [0.05, 0.1) is 5.01 Å². The fourth-order valence-electron chi connectivity index (χ4n) is 3.17. The summed E-state index contributed by atoms with van der Waals surface area (Å²) in [5.41, 5.74) is 0.632. The number of likely N-dealkylation sites (N-methyl/N-ethyl adjacent to an activating group) is 1. The minimum atomic E-state index is 0.129. The van der Waals surface area contributed by atoms with E-state index in [9.17, 15) is 4.79 Å². The van der Waals surface area contributed by atoms with Crippen molar-refractivity contribution >= 4 is 17.2 Å². The number of aryl methyl sites for hydroxylation is 1. The van der Waals surface area contributed by atoms with E-state index >= 15 is 0 Å². The molecule has 0 aliphatic carbocycles. The Kier molecular flexibility index (Phi) is 3.11. The molecule has 1 aromatic heterocycles. The third kappa shape index (κ3) is 2.17. The van der Waals surface area contributed by atoms with Crippen LogP contribution in [0.4, 0.5) is 0 Å². The van der Waals surface area contributed by atoms with Crippen LogP contribution in [0.2, 0.25) is 0 Å². The number of rotatable bonds is 1. The summed E-state index contributed by atoms with van der Waals surface area (Å²) in [6.07, 6.45) is 2.40. The lowest BCUT2D eigenvalue weighted by Crippen LogP contribution is -2.47. The van der Waals surface area contributed by atoms with Crippen molar-refractivity contribution in [3.8, 4) is 0 Å². The molecule has 0 aromatic carbocycles. The van der Waals surface area contributed by atoms with Crippen LogP contribution < -0.4 is 0 Å². The molecular weight excluding hydrogens is 246 g/mol. The van der Waals surface area contributed by atoms with Gasteiger partial charge in [0.2, 0.25) is 0 Å². The molecule has 2 atom stereocenters. The number of thiazole rings is 1. The number of amides is 1. The summed E-state index contributed by atoms with van der Waals surface area (Å²) in [4.78, 5) is 21.3. The number of aromatic nitrogens is 1. The molecule has 0 unspecified atom stereocenters. The lowest BCUT2D eigenvalue weighted by atomic mass is 9.95. The van der Waals surface area contributed by atoms with Crippen LogP contribution in [0.15, 0.2) is 5.38 Å². The molecule has 1 aromatic rings. The van der Waals surface area contributed by atoms with E-state index in [1.807, 2.05) is 12.3 Å². The molecule has 0 N–H and O–H groups in total. The smallest absolute Gasteiger partial charge is 0.273 e. The summed E-state index contributed by atoms with van der Waals surface area (Å²) < 4.78 is 0. The molecule has 5 heteroatoms. The van der Waals surface area contributed by atoms with Crippen molar-refractivity contribution in [2.75, 3.05) is 26.7 Å². The highest BCUT2D eigenvalue weighted by molar-refractivity contribution is 7.09. The Morgan fingerprint density at radius 3 is 2.94 bits per heavy atom. The summed E-state index contributed by atoms with van der Waals surface area (Å²) in [5, 5.41) is 2.86. The number of piperidine rings is 1. The quantitative estimate of drug-likeness (QED) is 0.774. The molecule has 3 aliphatic rings. The maximum absolute atomic E-state index is 12.5. The molecule has 3 aliphatic heterocycles. The van der Waals surface area contributed by atoms with Gasteiger partial charge in [-0.05, 0) is 32.7 Å². The SMILES string of the molecule is Cc1nc(C(=O)N2C[C@@H]3CC[C@H]2CN(C)C3)cs1. The Morgan fingerprint density at radius 1 is 1.39 bits per heavy atom. The fourth-order valence-corrected chi connectivity index (χ4v) is 3.76. The molecular formula is C13H19N3OS. The predicted molar refractivity (Wildman–Crippen MR) is 71.9 cm³/mol. The van der Waals surface area contributed by atoms with Crippen molar-refractivity contribution in [2.45, 2.75) is 25.8 Å². The van der Waals surface area contributed by atoms with E-state index < -0.39 is 0 Å². The summed E-state index contributed by atoms with van der Waals surface area (Å²) in [5.74, 6) is 0.766. The van der Waals surface area contributed by atoms with Crippen LogP contribution in [0.3, 0.4) is 0 Å². The second-order valence-corrected chi connectivity index (χ2v) is 6.59. The minimum Gasteiger partial charge on any atom is -0.333 e. The lowest BCUT2D eigenvalue weighted by Gasteiger charge is -2.35. The van der Waals surface area contributed by atoms with Gasteiger partial charge in [0.25, 0.3) is 5.91 Å². The van der Waals surface area contributed by atoms with Crippen molar-refractivity contribution < 1.29 is 4.79 Å². The monoisotopic (exact) mass is 265 g/mol. The summed E-state index contributed by atoms with van der Waals surface area (Å²) in [7, 11) is 2.16. The highest BCUT2D eigenvalue weighted by Crippen LogP contribution is 2.28. The molecule has 1 amide bonds. The highest BCUT2D eigenvalue weighted by atomic mass is 32.1. The Labute approximate surface area is 112 Å². The number of hydrogen-bond donors (Lipinski definition) is 0. The van der Waals surface area contributed by atoms with E-state index in [0.717, 1.165) is 31.1 Å². The standard InChI is InChI=1S/C13H19N3OS/c1-9-14-12(8-18-9)13(17)16-6-10-3-4-11(16)7-15(2)5-10/h8,10-11H,3-7H2,1-2H3/t10-,11+/m1/s1. The van der Waals surface area contributed by atoms with E-state index in [-0.39, 0.29) is 5.91 Å². The number of carbonyl (C=O) groups is 1. The number of fused-ring (bicyclic) bond motifs is 4. The Hall–Kier alpha value is -0.940. The fraction of sp³-hybridized carbons (Fsp3) is 0.692. The molecule has 4 heterocycles. The van der Waals surface area contributed by atoms with Gasteiger partial charge in [0.15, 0.2) is 0 Å². The molecule has 3 saturated heterocycles. The van der Waals surface area contributed by atoms with Gasteiger partial charge < -0.3 is 9.80 Å². The maximum atomic E-state index is 12.5. The molecule has 18 heavy (non-hydrogen) atoms. The molecule has 4 nitrogen and oxygen atoms in total. The zero-order valence-corrected chi connectivity index (χ0v) is 11.7. The van der Waals surface area contributed by atoms with Crippen LogP contribution in [0.5, 0.6) is 0 Å². The third-order valence-electron chi connectivity index (χ3n) is 4.00. The number of nitrogens with zero attached hydrogens (tertiary/aromatic N) is 3. The molecule has 0 radical (unpaired) electrons. The second-order valence-electron chi connectivity index (χ2n) is 5.53. The third-order valence-corrected chi connectivity index (χ3v) is 4.77.